The second-order valence-electron chi connectivity index (χ2n) is 6.37. The Kier molecular flexibility index (Phi) is 6.22. The molecule has 0 bridgehead atoms. The number of esters is 1. The number of urea groups is 1. The number of benzene rings is 2. The molecule has 0 saturated carbocycles. The molecule has 144 valence electrons. The number of hydrogen-bond donors (Lipinski definition) is 0. The van der Waals surface area contributed by atoms with Gasteiger partial charge in [0, 0.05) is 23.5 Å². The van der Waals surface area contributed by atoms with Crippen molar-refractivity contribution in [3.63, 3.8) is 0 Å². The Morgan fingerprint density at radius 1 is 1.29 bits per heavy atom. The number of hydrogen-bond acceptors (Lipinski definition) is 5. The van der Waals surface area contributed by atoms with Crippen LogP contribution in [0.2, 0.25) is 0 Å². The van der Waals surface area contributed by atoms with E-state index in [1.807, 2.05) is 42.7 Å². The fourth-order valence-electron chi connectivity index (χ4n) is 3.35. The monoisotopic (exact) mass is 395 g/mol. The van der Waals surface area contributed by atoms with E-state index in [1.165, 1.54) is 18.9 Å². The van der Waals surface area contributed by atoms with Gasteiger partial charge in [0.1, 0.15) is 0 Å². The van der Waals surface area contributed by atoms with E-state index in [1.54, 1.807) is 21.9 Å². The minimum absolute atomic E-state index is 0.138. The number of ether oxygens (including phenoxy) is 1. The van der Waals surface area contributed by atoms with Crippen molar-refractivity contribution >= 4 is 35.1 Å². The van der Waals surface area contributed by atoms with Crippen LogP contribution in [0.15, 0.2) is 53.4 Å². The number of carbonyl (C=O) groups excluding carboxylic acids is 2. The minimum Gasteiger partial charge on any atom is -0.469 e. The fraction of sp³-hybridized carbons (Fsp3) is 0.286. The normalized spacial score (nSPS) is 16.2. The smallest absolute Gasteiger partial charge is 0.329 e. The zero-order valence-electron chi connectivity index (χ0n) is 15.8. The number of thioether (sulfide) groups is 1. The molecule has 0 aliphatic carbocycles. The number of carbonyl (C=O) groups is 2. The Labute approximate surface area is 168 Å². The largest absolute Gasteiger partial charge is 0.469 e. The number of nitrogens with zero attached hydrogens (tertiary/aromatic N) is 3. The van der Waals surface area contributed by atoms with Gasteiger partial charge in [0.05, 0.1) is 30.5 Å². The summed E-state index contributed by atoms with van der Waals surface area (Å²) in [5.41, 5.74) is 2.13. The number of para-hydroxylation sites is 1. The molecule has 1 heterocycles. The molecule has 2 aromatic rings. The maximum Gasteiger partial charge on any atom is 0.329 e. The van der Waals surface area contributed by atoms with Crippen LogP contribution >= 0.6 is 11.8 Å². The van der Waals surface area contributed by atoms with Crippen LogP contribution < -0.4 is 9.80 Å². The van der Waals surface area contributed by atoms with Crippen LogP contribution in [0.4, 0.5) is 16.2 Å². The van der Waals surface area contributed by atoms with Crippen LogP contribution in [0.5, 0.6) is 0 Å². The highest BCUT2D eigenvalue weighted by molar-refractivity contribution is 7.98. The summed E-state index contributed by atoms with van der Waals surface area (Å²) in [6, 6.07) is 16.6. The zero-order chi connectivity index (χ0) is 20.1. The Morgan fingerprint density at radius 2 is 2.04 bits per heavy atom. The molecule has 2 aromatic carbocycles. The number of nitriles is 1. The summed E-state index contributed by atoms with van der Waals surface area (Å²) >= 11 is 1.50. The van der Waals surface area contributed by atoms with Crippen LogP contribution in [-0.2, 0) is 9.53 Å². The third kappa shape index (κ3) is 3.97. The number of rotatable bonds is 6. The van der Waals surface area contributed by atoms with Gasteiger partial charge in [-0.25, -0.2) is 4.79 Å². The molecular weight excluding hydrogens is 374 g/mol. The number of methoxy groups -OCH3 is 1. The average molecular weight is 395 g/mol. The van der Waals surface area contributed by atoms with E-state index in [-0.39, 0.29) is 24.5 Å². The van der Waals surface area contributed by atoms with Gasteiger partial charge in [-0.1, -0.05) is 18.2 Å². The summed E-state index contributed by atoms with van der Waals surface area (Å²) in [6.07, 6.45) is 2.67. The molecule has 2 amide bonds. The number of amides is 2. The van der Waals surface area contributed by atoms with Crippen molar-refractivity contribution in [1.82, 2.24) is 0 Å². The van der Waals surface area contributed by atoms with Crippen molar-refractivity contribution in [1.29, 1.82) is 5.26 Å². The predicted octanol–water partition coefficient (Wildman–Crippen LogP) is 4.05. The van der Waals surface area contributed by atoms with Gasteiger partial charge in [0.2, 0.25) is 0 Å². The fourth-order valence-corrected chi connectivity index (χ4v) is 3.98. The highest BCUT2D eigenvalue weighted by Crippen LogP contribution is 2.36. The van der Waals surface area contributed by atoms with E-state index in [2.05, 4.69) is 6.07 Å². The molecular formula is C21H21N3O3S. The molecule has 28 heavy (non-hydrogen) atoms. The summed E-state index contributed by atoms with van der Waals surface area (Å²) in [6.45, 7) is 0.462. The third-order valence-electron chi connectivity index (χ3n) is 4.74. The van der Waals surface area contributed by atoms with Crippen molar-refractivity contribution in [3.05, 3.63) is 54.1 Å². The summed E-state index contributed by atoms with van der Waals surface area (Å²) in [5.74, 6) is -0.290. The topological polar surface area (TPSA) is 73.6 Å². The second-order valence-corrected chi connectivity index (χ2v) is 7.21. The van der Waals surface area contributed by atoms with E-state index in [9.17, 15) is 9.59 Å². The summed E-state index contributed by atoms with van der Waals surface area (Å²) in [7, 11) is 1.37. The highest BCUT2D eigenvalue weighted by Gasteiger charge is 2.39. The lowest BCUT2D eigenvalue weighted by Crippen LogP contribution is -2.35. The van der Waals surface area contributed by atoms with Gasteiger partial charge >= 0.3 is 12.0 Å². The molecule has 0 aromatic heterocycles. The third-order valence-corrected chi connectivity index (χ3v) is 5.51. The molecule has 1 unspecified atom stereocenters. The van der Waals surface area contributed by atoms with Crippen molar-refractivity contribution in [2.45, 2.75) is 23.8 Å². The van der Waals surface area contributed by atoms with Crippen molar-refractivity contribution < 1.29 is 14.3 Å². The maximum atomic E-state index is 13.3. The Hall–Kier alpha value is -2.98. The van der Waals surface area contributed by atoms with Gasteiger partial charge in [0.15, 0.2) is 0 Å². The molecule has 1 aliphatic rings. The van der Waals surface area contributed by atoms with E-state index in [0.29, 0.717) is 18.5 Å². The van der Waals surface area contributed by atoms with Crippen LogP contribution in [0, 0.1) is 11.3 Å². The van der Waals surface area contributed by atoms with Gasteiger partial charge in [-0.15, -0.1) is 11.8 Å². The van der Waals surface area contributed by atoms with Gasteiger partial charge in [-0.05, 0) is 43.0 Å². The molecule has 1 saturated heterocycles. The van der Waals surface area contributed by atoms with Gasteiger partial charge in [-0.2, -0.15) is 5.26 Å². The second kappa shape index (κ2) is 8.81. The SMILES string of the molecule is COC(=O)CCC1CN(c2ccc(C#N)cc2SC)C(=O)N1c1ccccc1. The van der Waals surface area contributed by atoms with Gasteiger partial charge < -0.3 is 4.74 Å². The predicted molar refractivity (Wildman–Crippen MR) is 110 cm³/mol. The Balaban J connectivity index is 1.95. The van der Waals surface area contributed by atoms with E-state index < -0.39 is 0 Å². The first-order valence-corrected chi connectivity index (χ1v) is 10.1. The molecule has 1 aliphatic heterocycles. The van der Waals surface area contributed by atoms with Crippen molar-refractivity contribution in [3.8, 4) is 6.07 Å². The van der Waals surface area contributed by atoms with E-state index in [0.717, 1.165) is 16.3 Å². The molecule has 1 fully saturated rings. The first-order chi connectivity index (χ1) is 13.6. The standard InChI is InChI=1S/C21H21N3O3S/c1-27-20(25)11-9-17-14-23(18-10-8-15(13-22)12-19(18)28-2)21(26)24(17)16-6-4-3-5-7-16/h3-8,10,12,17H,9,11,14H2,1-2H3. The maximum absolute atomic E-state index is 13.3. The van der Waals surface area contributed by atoms with E-state index in [4.69, 9.17) is 10.00 Å². The molecule has 1 atom stereocenters. The lowest BCUT2D eigenvalue weighted by atomic mass is 10.1. The van der Waals surface area contributed by atoms with Gasteiger partial charge in [-0.3, -0.25) is 14.6 Å². The summed E-state index contributed by atoms with van der Waals surface area (Å²) in [4.78, 5) is 29.3. The molecule has 0 spiro atoms. The van der Waals surface area contributed by atoms with Crippen LogP contribution in [0.1, 0.15) is 18.4 Å². The Morgan fingerprint density at radius 3 is 2.68 bits per heavy atom. The Bertz CT molecular complexity index is 911. The molecule has 6 nitrogen and oxygen atoms in total. The first-order valence-electron chi connectivity index (χ1n) is 8.89. The zero-order valence-corrected chi connectivity index (χ0v) is 16.6. The van der Waals surface area contributed by atoms with E-state index >= 15 is 0 Å². The molecule has 0 radical (unpaired) electrons. The molecule has 7 heteroatoms. The molecule has 0 N–H and O–H groups in total. The summed E-state index contributed by atoms with van der Waals surface area (Å²) in [5, 5.41) is 9.15. The average Bonchev–Trinajstić information content (AvgIpc) is 3.07. The highest BCUT2D eigenvalue weighted by atomic mass is 32.2. The molecule has 3 rings (SSSR count). The van der Waals surface area contributed by atoms with Crippen molar-refractivity contribution in [2.24, 2.45) is 0 Å². The van der Waals surface area contributed by atoms with Crippen LogP contribution in [-0.4, -0.2) is 38.0 Å². The first kappa shape index (κ1) is 19.8. The van der Waals surface area contributed by atoms with Crippen molar-refractivity contribution in [2.75, 3.05) is 29.7 Å². The lowest BCUT2D eigenvalue weighted by molar-refractivity contribution is -0.140. The lowest BCUT2D eigenvalue weighted by Gasteiger charge is -2.23. The van der Waals surface area contributed by atoms with Crippen LogP contribution in [0.3, 0.4) is 0 Å². The van der Waals surface area contributed by atoms with Crippen LogP contribution in [0.25, 0.3) is 0 Å². The quantitative estimate of drug-likeness (QED) is 0.545. The number of anilines is 2. The van der Waals surface area contributed by atoms with Gasteiger partial charge in [0.25, 0.3) is 0 Å². The minimum atomic E-state index is -0.290. The summed E-state index contributed by atoms with van der Waals surface area (Å²) < 4.78 is 4.76.